The molecule has 0 spiro atoms. The molecule has 100 valence electrons. The number of ether oxygens (including phenoxy) is 2. The second kappa shape index (κ2) is 5.36. The van der Waals surface area contributed by atoms with Crippen molar-refractivity contribution < 1.29 is 19.1 Å². The Kier molecular flexibility index (Phi) is 3.80. The van der Waals surface area contributed by atoms with Gasteiger partial charge in [-0.1, -0.05) is 6.92 Å². The lowest BCUT2D eigenvalue weighted by Crippen LogP contribution is -2.11. The number of fused-ring (bicyclic) bond motifs is 1. The second-order valence-corrected chi connectivity index (χ2v) is 4.66. The summed E-state index contributed by atoms with van der Waals surface area (Å²) < 4.78 is 14.6. The van der Waals surface area contributed by atoms with E-state index < -0.39 is 11.9 Å². The third-order valence-corrected chi connectivity index (χ3v) is 3.68. The molecule has 2 rings (SSSR count). The topological polar surface area (TPSA) is 65.5 Å². The van der Waals surface area contributed by atoms with Crippen LogP contribution in [0.4, 0.5) is 0 Å². The number of esters is 2. The van der Waals surface area contributed by atoms with Crippen LogP contribution in [0.15, 0.2) is 12.1 Å². The maximum Gasteiger partial charge on any atom is 0.338 e. The summed E-state index contributed by atoms with van der Waals surface area (Å²) in [5.41, 5.74) is 1.31. The fourth-order valence-electron chi connectivity index (χ4n) is 1.85. The summed E-state index contributed by atoms with van der Waals surface area (Å²) >= 11 is 1.30. The number of carbonyl (C=O) groups is 2. The Morgan fingerprint density at radius 2 is 1.74 bits per heavy atom. The van der Waals surface area contributed by atoms with Crippen molar-refractivity contribution in [2.24, 2.45) is 0 Å². The molecule has 0 fully saturated rings. The molecule has 2 aromatic rings. The minimum Gasteiger partial charge on any atom is -0.465 e. The van der Waals surface area contributed by atoms with Crippen molar-refractivity contribution in [1.82, 2.24) is 4.37 Å². The molecule has 19 heavy (non-hydrogen) atoms. The molecule has 1 heterocycles. The molecule has 0 unspecified atom stereocenters. The average molecular weight is 279 g/mol. The number of carbonyl (C=O) groups excluding carboxylic acids is 2. The molecule has 0 aliphatic carbocycles. The van der Waals surface area contributed by atoms with E-state index in [9.17, 15) is 9.59 Å². The standard InChI is InChI=1S/C13H13NO4S/c1-4-10-9-5-7(12(15)17-2)8(13(16)18-3)6-11(9)19-14-10/h5-6H,4H2,1-3H3. The van der Waals surface area contributed by atoms with Crippen molar-refractivity contribution in [1.29, 1.82) is 0 Å². The van der Waals surface area contributed by atoms with Crippen molar-refractivity contribution in [2.45, 2.75) is 13.3 Å². The lowest BCUT2D eigenvalue weighted by Gasteiger charge is -2.06. The van der Waals surface area contributed by atoms with Gasteiger partial charge in [-0.25, -0.2) is 9.59 Å². The van der Waals surface area contributed by atoms with E-state index in [1.807, 2.05) is 6.92 Å². The van der Waals surface area contributed by atoms with Gasteiger partial charge >= 0.3 is 11.9 Å². The minimum absolute atomic E-state index is 0.202. The molecule has 0 amide bonds. The summed E-state index contributed by atoms with van der Waals surface area (Å²) in [6.45, 7) is 1.99. The molecule has 0 aliphatic heterocycles. The van der Waals surface area contributed by atoms with Gasteiger partial charge in [-0.2, -0.15) is 4.37 Å². The summed E-state index contributed by atoms with van der Waals surface area (Å²) in [6.07, 6.45) is 0.762. The van der Waals surface area contributed by atoms with Crippen molar-refractivity contribution >= 4 is 33.6 Å². The van der Waals surface area contributed by atoms with Gasteiger partial charge in [0.2, 0.25) is 0 Å². The van der Waals surface area contributed by atoms with Crippen LogP contribution in [0.2, 0.25) is 0 Å². The van der Waals surface area contributed by atoms with Crippen LogP contribution in [0.1, 0.15) is 33.3 Å². The molecule has 6 heteroatoms. The number of hydrogen-bond donors (Lipinski definition) is 0. The molecule has 0 aliphatic rings. The molecule has 0 saturated heterocycles. The van der Waals surface area contributed by atoms with Gasteiger partial charge in [0.15, 0.2) is 0 Å². The quantitative estimate of drug-likeness (QED) is 0.807. The van der Waals surface area contributed by atoms with Crippen LogP contribution < -0.4 is 0 Å². The number of hydrogen-bond acceptors (Lipinski definition) is 6. The highest BCUT2D eigenvalue weighted by molar-refractivity contribution is 7.13. The Hall–Kier alpha value is -1.95. The van der Waals surface area contributed by atoms with Crippen LogP contribution >= 0.6 is 11.5 Å². The fraction of sp³-hybridized carbons (Fsp3) is 0.308. The van der Waals surface area contributed by atoms with Gasteiger partial charge in [0.05, 0.1) is 35.7 Å². The first-order valence-electron chi connectivity index (χ1n) is 5.71. The second-order valence-electron chi connectivity index (χ2n) is 3.86. The van der Waals surface area contributed by atoms with E-state index in [1.165, 1.54) is 25.8 Å². The highest BCUT2D eigenvalue weighted by Gasteiger charge is 2.21. The Balaban J connectivity index is 2.71. The lowest BCUT2D eigenvalue weighted by atomic mass is 10.0. The number of aromatic nitrogens is 1. The molecular formula is C13H13NO4S. The number of benzene rings is 1. The zero-order valence-corrected chi connectivity index (χ0v) is 11.7. The van der Waals surface area contributed by atoms with E-state index in [2.05, 4.69) is 4.37 Å². The van der Waals surface area contributed by atoms with E-state index in [1.54, 1.807) is 12.1 Å². The highest BCUT2D eigenvalue weighted by atomic mass is 32.1. The summed E-state index contributed by atoms with van der Waals surface area (Å²) in [6, 6.07) is 3.28. The highest BCUT2D eigenvalue weighted by Crippen LogP contribution is 2.27. The van der Waals surface area contributed by atoms with Gasteiger partial charge in [0.1, 0.15) is 0 Å². The first-order valence-corrected chi connectivity index (χ1v) is 6.48. The molecular weight excluding hydrogens is 266 g/mol. The first-order chi connectivity index (χ1) is 9.12. The molecule has 5 nitrogen and oxygen atoms in total. The van der Waals surface area contributed by atoms with Crippen LogP contribution in [0.25, 0.3) is 10.1 Å². The lowest BCUT2D eigenvalue weighted by molar-refractivity contribution is 0.0555. The van der Waals surface area contributed by atoms with Gasteiger partial charge in [0, 0.05) is 5.39 Å². The van der Waals surface area contributed by atoms with Crippen molar-refractivity contribution in [3.05, 3.63) is 29.0 Å². The van der Waals surface area contributed by atoms with Crippen LogP contribution in [-0.2, 0) is 15.9 Å². The van der Waals surface area contributed by atoms with Crippen LogP contribution in [0, 0.1) is 0 Å². The average Bonchev–Trinajstić information content (AvgIpc) is 2.86. The Bertz CT molecular complexity index is 647. The van der Waals surface area contributed by atoms with Gasteiger partial charge in [-0.05, 0) is 30.1 Å². The molecule has 0 radical (unpaired) electrons. The maximum absolute atomic E-state index is 11.8. The zero-order valence-electron chi connectivity index (χ0n) is 10.9. The Morgan fingerprint density at radius 1 is 1.16 bits per heavy atom. The Morgan fingerprint density at radius 3 is 2.26 bits per heavy atom. The van der Waals surface area contributed by atoms with Crippen molar-refractivity contribution in [3.63, 3.8) is 0 Å². The molecule has 0 bridgehead atoms. The molecule has 1 aromatic heterocycles. The van der Waals surface area contributed by atoms with E-state index in [4.69, 9.17) is 9.47 Å². The third kappa shape index (κ3) is 2.31. The maximum atomic E-state index is 11.8. The van der Waals surface area contributed by atoms with Crippen LogP contribution in [0.3, 0.4) is 0 Å². The van der Waals surface area contributed by atoms with Crippen LogP contribution in [0.5, 0.6) is 0 Å². The Labute approximate surface area is 114 Å². The number of rotatable bonds is 3. The third-order valence-electron chi connectivity index (χ3n) is 2.83. The normalized spacial score (nSPS) is 10.5. The summed E-state index contributed by atoms with van der Waals surface area (Å²) in [5.74, 6) is -1.12. The predicted molar refractivity (Wildman–Crippen MR) is 71.7 cm³/mol. The summed E-state index contributed by atoms with van der Waals surface area (Å²) in [7, 11) is 2.55. The van der Waals surface area contributed by atoms with E-state index in [0.717, 1.165) is 22.2 Å². The number of aryl methyl sites for hydroxylation is 1. The molecule has 0 atom stereocenters. The molecule has 1 aromatic carbocycles. The predicted octanol–water partition coefficient (Wildman–Crippen LogP) is 2.43. The minimum atomic E-state index is -0.561. The molecule has 0 saturated carbocycles. The van der Waals surface area contributed by atoms with Gasteiger partial charge in [0.25, 0.3) is 0 Å². The summed E-state index contributed by atoms with van der Waals surface area (Å²) in [5, 5.41) is 0.876. The number of nitrogens with zero attached hydrogens (tertiary/aromatic N) is 1. The SMILES string of the molecule is CCc1nsc2cc(C(=O)OC)c(C(=O)OC)cc12. The summed E-state index contributed by atoms with van der Waals surface area (Å²) in [4.78, 5) is 23.5. The smallest absolute Gasteiger partial charge is 0.338 e. The van der Waals surface area contributed by atoms with Crippen molar-refractivity contribution in [2.75, 3.05) is 14.2 Å². The van der Waals surface area contributed by atoms with Gasteiger partial charge in [-0.15, -0.1) is 0 Å². The zero-order chi connectivity index (χ0) is 14.0. The van der Waals surface area contributed by atoms with Gasteiger partial charge < -0.3 is 9.47 Å². The van der Waals surface area contributed by atoms with E-state index >= 15 is 0 Å². The van der Waals surface area contributed by atoms with Crippen LogP contribution in [-0.4, -0.2) is 30.5 Å². The van der Waals surface area contributed by atoms with E-state index in [0.29, 0.717) is 0 Å². The fourth-order valence-corrected chi connectivity index (χ4v) is 2.73. The molecule has 0 N–H and O–H groups in total. The first kappa shape index (κ1) is 13.5. The van der Waals surface area contributed by atoms with Crippen molar-refractivity contribution in [3.8, 4) is 0 Å². The van der Waals surface area contributed by atoms with Gasteiger partial charge in [-0.3, -0.25) is 0 Å². The monoisotopic (exact) mass is 279 g/mol. The largest absolute Gasteiger partial charge is 0.465 e. The van der Waals surface area contributed by atoms with E-state index in [-0.39, 0.29) is 11.1 Å². The number of methoxy groups -OCH3 is 2.